The Morgan fingerprint density at radius 1 is 1.33 bits per heavy atom. The Morgan fingerprint density at radius 3 is 2.72 bits per heavy atom. The predicted octanol–water partition coefficient (Wildman–Crippen LogP) is 2.57. The van der Waals surface area contributed by atoms with Gasteiger partial charge in [0.1, 0.15) is 5.75 Å². The molecule has 2 rings (SSSR count). The summed E-state index contributed by atoms with van der Waals surface area (Å²) < 4.78 is 5.79. The van der Waals surface area contributed by atoms with E-state index in [4.69, 9.17) is 4.74 Å². The van der Waals surface area contributed by atoms with Gasteiger partial charge >= 0.3 is 0 Å². The summed E-state index contributed by atoms with van der Waals surface area (Å²) in [4.78, 5) is 8.30. The maximum absolute atomic E-state index is 9.17. The van der Waals surface area contributed by atoms with Crippen LogP contribution in [-0.4, -0.2) is 22.2 Å². The standard InChI is InChI=1S/C12H12BrN3O2/c1-18-11-10(13)7-15-12(16-11)14-6-8-2-4-9(17)5-3-8/h2-5,7,17H,6H2,1H3,(H,14,15,16). The van der Waals surface area contributed by atoms with Gasteiger partial charge < -0.3 is 15.2 Å². The third-order valence-corrected chi connectivity index (χ3v) is 2.84. The molecule has 6 heteroatoms. The van der Waals surface area contributed by atoms with Crippen molar-refractivity contribution in [1.29, 1.82) is 0 Å². The first-order valence-electron chi connectivity index (χ1n) is 5.27. The van der Waals surface area contributed by atoms with Gasteiger partial charge in [0.15, 0.2) is 0 Å². The first-order chi connectivity index (χ1) is 8.69. The quantitative estimate of drug-likeness (QED) is 0.908. The first-order valence-corrected chi connectivity index (χ1v) is 6.06. The molecule has 2 aromatic rings. The summed E-state index contributed by atoms with van der Waals surface area (Å²) in [6.07, 6.45) is 1.63. The van der Waals surface area contributed by atoms with Crippen LogP contribution in [0.1, 0.15) is 5.56 Å². The molecule has 0 aliphatic rings. The van der Waals surface area contributed by atoms with Crippen molar-refractivity contribution in [2.45, 2.75) is 6.54 Å². The van der Waals surface area contributed by atoms with E-state index in [1.807, 2.05) is 12.1 Å². The summed E-state index contributed by atoms with van der Waals surface area (Å²) in [7, 11) is 1.55. The number of phenolic OH excluding ortho intramolecular Hbond substituents is 1. The Kier molecular flexibility index (Phi) is 3.99. The smallest absolute Gasteiger partial charge is 0.232 e. The third kappa shape index (κ3) is 3.10. The molecule has 94 valence electrons. The van der Waals surface area contributed by atoms with Crippen LogP contribution in [0.25, 0.3) is 0 Å². The summed E-state index contributed by atoms with van der Waals surface area (Å²) >= 11 is 3.29. The number of aromatic hydroxyl groups is 1. The molecular weight excluding hydrogens is 298 g/mol. The van der Waals surface area contributed by atoms with Crippen LogP contribution in [-0.2, 0) is 6.54 Å². The summed E-state index contributed by atoms with van der Waals surface area (Å²) in [5, 5.41) is 12.3. The Balaban J connectivity index is 2.04. The van der Waals surface area contributed by atoms with Crippen molar-refractivity contribution in [2.75, 3.05) is 12.4 Å². The summed E-state index contributed by atoms with van der Waals surface area (Å²) in [5.74, 6) is 1.22. The van der Waals surface area contributed by atoms with Gasteiger partial charge in [0, 0.05) is 6.54 Å². The predicted molar refractivity (Wildman–Crippen MR) is 71.7 cm³/mol. The van der Waals surface area contributed by atoms with E-state index in [2.05, 4.69) is 31.2 Å². The largest absolute Gasteiger partial charge is 0.508 e. The van der Waals surface area contributed by atoms with Gasteiger partial charge in [0.05, 0.1) is 17.8 Å². The number of methoxy groups -OCH3 is 1. The highest BCUT2D eigenvalue weighted by Crippen LogP contribution is 2.22. The molecule has 1 heterocycles. The number of hydrogen-bond acceptors (Lipinski definition) is 5. The lowest BCUT2D eigenvalue weighted by Gasteiger charge is -2.07. The van der Waals surface area contributed by atoms with Crippen LogP contribution in [0.2, 0.25) is 0 Å². The number of ether oxygens (including phenoxy) is 1. The Hall–Kier alpha value is -1.82. The Bertz CT molecular complexity index is 531. The second-order valence-corrected chi connectivity index (χ2v) is 4.43. The Morgan fingerprint density at radius 2 is 2.06 bits per heavy atom. The average molecular weight is 310 g/mol. The molecule has 0 aliphatic carbocycles. The SMILES string of the molecule is COc1nc(NCc2ccc(O)cc2)ncc1Br. The van der Waals surface area contributed by atoms with Gasteiger partial charge in [-0.15, -0.1) is 0 Å². The van der Waals surface area contributed by atoms with Gasteiger partial charge in [-0.25, -0.2) is 4.98 Å². The lowest BCUT2D eigenvalue weighted by Crippen LogP contribution is -2.04. The van der Waals surface area contributed by atoms with Crippen LogP contribution >= 0.6 is 15.9 Å². The zero-order valence-electron chi connectivity index (χ0n) is 9.72. The zero-order chi connectivity index (χ0) is 13.0. The normalized spacial score (nSPS) is 10.1. The zero-order valence-corrected chi connectivity index (χ0v) is 11.3. The van der Waals surface area contributed by atoms with Gasteiger partial charge in [-0.2, -0.15) is 4.98 Å². The van der Waals surface area contributed by atoms with E-state index >= 15 is 0 Å². The molecule has 18 heavy (non-hydrogen) atoms. The lowest BCUT2D eigenvalue weighted by molar-refractivity contribution is 0.394. The molecule has 0 saturated heterocycles. The third-order valence-electron chi connectivity index (χ3n) is 2.29. The van der Waals surface area contributed by atoms with Gasteiger partial charge in [0.25, 0.3) is 0 Å². The van der Waals surface area contributed by atoms with Crippen molar-refractivity contribution >= 4 is 21.9 Å². The maximum Gasteiger partial charge on any atom is 0.232 e. The second kappa shape index (κ2) is 5.68. The molecule has 0 radical (unpaired) electrons. The topological polar surface area (TPSA) is 67.3 Å². The molecule has 0 bridgehead atoms. The van der Waals surface area contributed by atoms with E-state index in [9.17, 15) is 5.11 Å². The van der Waals surface area contributed by atoms with Gasteiger partial charge in [-0.05, 0) is 33.6 Å². The summed E-state index contributed by atoms with van der Waals surface area (Å²) in [6, 6.07) is 6.94. The maximum atomic E-state index is 9.17. The number of hydrogen-bond donors (Lipinski definition) is 2. The Labute approximate surface area is 113 Å². The fourth-order valence-corrected chi connectivity index (χ4v) is 1.73. The number of nitrogens with one attached hydrogen (secondary N) is 1. The molecule has 0 fully saturated rings. The minimum atomic E-state index is 0.250. The number of anilines is 1. The number of aromatic nitrogens is 2. The van der Waals surface area contributed by atoms with E-state index < -0.39 is 0 Å². The number of benzene rings is 1. The van der Waals surface area contributed by atoms with E-state index in [1.54, 1.807) is 25.4 Å². The van der Waals surface area contributed by atoms with Gasteiger partial charge in [-0.1, -0.05) is 12.1 Å². The molecule has 0 unspecified atom stereocenters. The minimum absolute atomic E-state index is 0.250. The fourth-order valence-electron chi connectivity index (χ4n) is 1.37. The van der Waals surface area contributed by atoms with E-state index in [1.165, 1.54) is 0 Å². The number of rotatable bonds is 4. The highest BCUT2D eigenvalue weighted by molar-refractivity contribution is 9.10. The van der Waals surface area contributed by atoms with Crippen molar-refractivity contribution in [3.8, 4) is 11.6 Å². The fraction of sp³-hybridized carbons (Fsp3) is 0.167. The molecule has 0 aliphatic heterocycles. The van der Waals surface area contributed by atoms with Crippen molar-refractivity contribution < 1.29 is 9.84 Å². The lowest BCUT2D eigenvalue weighted by atomic mass is 10.2. The molecule has 2 N–H and O–H groups in total. The highest BCUT2D eigenvalue weighted by atomic mass is 79.9. The molecular formula is C12H12BrN3O2. The number of phenols is 1. The first kappa shape index (κ1) is 12.6. The summed E-state index contributed by atoms with van der Waals surface area (Å²) in [6.45, 7) is 0.574. The summed E-state index contributed by atoms with van der Waals surface area (Å²) in [5.41, 5.74) is 1.03. The van der Waals surface area contributed by atoms with Crippen LogP contribution in [0, 0.1) is 0 Å². The highest BCUT2D eigenvalue weighted by Gasteiger charge is 2.04. The molecule has 0 amide bonds. The number of halogens is 1. The van der Waals surface area contributed by atoms with Crippen molar-refractivity contribution in [2.24, 2.45) is 0 Å². The monoisotopic (exact) mass is 309 g/mol. The molecule has 1 aromatic heterocycles. The van der Waals surface area contributed by atoms with Crippen molar-refractivity contribution in [3.05, 3.63) is 40.5 Å². The van der Waals surface area contributed by atoms with Crippen molar-refractivity contribution in [3.63, 3.8) is 0 Å². The van der Waals surface area contributed by atoms with E-state index in [0.29, 0.717) is 22.8 Å². The average Bonchev–Trinajstić information content (AvgIpc) is 2.39. The van der Waals surface area contributed by atoms with Gasteiger partial charge in [-0.3, -0.25) is 0 Å². The van der Waals surface area contributed by atoms with E-state index in [0.717, 1.165) is 5.56 Å². The van der Waals surface area contributed by atoms with Crippen LogP contribution in [0.15, 0.2) is 34.9 Å². The van der Waals surface area contributed by atoms with Gasteiger partial charge in [0.2, 0.25) is 11.8 Å². The molecule has 0 atom stereocenters. The van der Waals surface area contributed by atoms with E-state index in [-0.39, 0.29) is 5.75 Å². The number of nitrogens with zero attached hydrogens (tertiary/aromatic N) is 2. The van der Waals surface area contributed by atoms with Crippen LogP contribution in [0.5, 0.6) is 11.6 Å². The molecule has 1 aromatic carbocycles. The molecule has 0 spiro atoms. The minimum Gasteiger partial charge on any atom is -0.508 e. The molecule has 5 nitrogen and oxygen atoms in total. The second-order valence-electron chi connectivity index (χ2n) is 3.57. The van der Waals surface area contributed by atoms with Crippen LogP contribution < -0.4 is 10.1 Å². The van der Waals surface area contributed by atoms with Crippen LogP contribution in [0.3, 0.4) is 0 Å². The molecule has 0 saturated carbocycles. The van der Waals surface area contributed by atoms with Crippen molar-refractivity contribution in [1.82, 2.24) is 9.97 Å². The van der Waals surface area contributed by atoms with Crippen LogP contribution in [0.4, 0.5) is 5.95 Å².